The molecule has 1 aliphatic heterocycles. The molecular weight excluding hydrogens is 288 g/mol. The van der Waals surface area contributed by atoms with Gasteiger partial charge in [-0.05, 0) is 39.0 Å². The van der Waals surface area contributed by atoms with Crippen LogP contribution in [0.5, 0.6) is 0 Å². The van der Waals surface area contributed by atoms with Gasteiger partial charge in [0, 0.05) is 19.1 Å². The van der Waals surface area contributed by atoms with Crippen LogP contribution >= 0.6 is 0 Å². The number of sulfonamides is 1. The largest absolute Gasteiger partial charge is 0.367 e. The first kappa shape index (κ1) is 16.2. The zero-order valence-corrected chi connectivity index (χ0v) is 13.7. The molecule has 1 atom stereocenters. The van der Waals surface area contributed by atoms with Crippen LogP contribution in [0.15, 0.2) is 12.4 Å². The van der Waals surface area contributed by atoms with E-state index in [1.807, 2.05) is 0 Å². The first-order valence-electron chi connectivity index (χ1n) is 7.37. The fourth-order valence-corrected chi connectivity index (χ4v) is 3.56. The predicted molar refractivity (Wildman–Crippen MR) is 83.6 cm³/mol. The highest BCUT2D eigenvalue weighted by Crippen LogP contribution is 2.21. The van der Waals surface area contributed by atoms with E-state index in [1.54, 1.807) is 16.7 Å². The van der Waals surface area contributed by atoms with Crippen LogP contribution in [0.2, 0.25) is 0 Å². The van der Waals surface area contributed by atoms with E-state index in [-0.39, 0.29) is 0 Å². The summed E-state index contributed by atoms with van der Waals surface area (Å²) < 4.78 is 24.8. The summed E-state index contributed by atoms with van der Waals surface area (Å²) in [4.78, 5) is 8.77. The van der Waals surface area contributed by atoms with Crippen LogP contribution < -0.4 is 5.32 Å². The predicted octanol–water partition coefficient (Wildman–Crippen LogP) is 1.51. The molecule has 21 heavy (non-hydrogen) atoms. The number of nitrogens with one attached hydrogen (secondary N) is 1. The van der Waals surface area contributed by atoms with Gasteiger partial charge < -0.3 is 5.32 Å². The monoisotopic (exact) mass is 312 g/mol. The molecule has 7 heteroatoms. The van der Waals surface area contributed by atoms with E-state index in [1.165, 1.54) is 6.26 Å². The fraction of sp³-hybridized carbons (Fsp3) is 0.714. The summed E-state index contributed by atoms with van der Waals surface area (Å²) in [5.74, 6) is 1.10. The lowest BCUT2D eigenvalue weighted by Crippen LogP contribution is -2.39. The summed E-state index contributed by atoms with van der Waals surface area (Å²) in [7, 11) is -3.08. The molecular formula is C14H24N4O2S. The lowest BCUT2D eigenvalue weighted by atomic mass is 9.95. The average Bonchev–Trinajstić information content (AvgIpc) is 2.40. The van der Waals surface area contributed by atoms with Gasteiger partial charge in [-0.2, -0.15) is 0 Å². The number of anilines is 1. The van der Waals surface area contributed by atoms with Crippen molar-refractivity contribution in [3.05, 3.63) is 18.1 Å². The summed E-state index contributed by atoms with van der Waals surface area (Å²) in [5.41, 5.74) is 0.921. The lowest BCUT2D eigenvalue weighted by molar-refractivity contribution is 0.265. The molecule has 2 rings (SSSR count). The molecule has 0 amide bonds. The van der Waals surface area contributed by atoms with Crippen molar-refractivity contribution in [2.75, 3.05) is 24.7 Å². The van der Waals surface area contributed by atoms with Crippen LogP contribution in [0.3, 0.4) is 0 Å². The van der Waals surface area contributed by atoms with E-state index in [0.29, 0.717) is 25.0 Å². The van der Waals surface area contributed by atoms with E-state index < -0.39 is 10.0 Å². The Morgan fingerprint density at radius 3 is 2.71 bits per heavy atom. The highest BCUT2D eigenvalue weighted by atomic mass is 32.2. The summed E-state index contributed by atoms with van der Waals surface area (Å²) >= 11 is 0. The van der Waals surface area contributed by atoms with Crippen LogP contribution in [-0.4, -0.2) is 48.1 Å². The van der Waals surface area contributed by atoms with E-state index >= 15 is 0 Å². The van der Waals surface area contributed by atoms with Crippen molar-refractivity contribution in [2.24, 2.45) is 5.92 Å². The standard InChI is InChI=1S/C14H24N4O2S/c1-11(2)17-14-9-15-13(8-16-14)7-12-5-4-6-18(10-12)21(3,19)20/h8-9,11-12H,4-7,10H2,1-3H3,(H,16,17). The number of piperidine rings is 1. The SMILES string of the molecule is CC(C)Nc1cnc(CC2CCCN(S(C)(=O)=O)C2)cn1. The fourth-order valence-electron chi connectivity index (χ4n) is 2.62. The second kappa shape index (κ2) is 6.70. The zero-order valence-electron chi connectivity index (χ0n) is 12.9. The van der Waals surface area contributed by atoms with E-state index in [2.05, 4.69) is 29.1 Å². The Balaban J connectivity index is 1.95. The van der Waals surface area contributed by atoms with Crippen molar-refractivity contribution >= 4 is 15.8 Å². The maximum Gasteiger partial charge on any atom is 0.211 e. The quantitative estimate of drug-likeness (QED) is 0.892. The van der Waals surface area contributed by atoms with Crippen LogP contribution in [0.1, 0.15) is 32.4 Å². The van der Waals surface area contributed by atoms with Gasteiger partial charge in [0.25, 0.3) is 0 Å². The molecule has 0 saturated carbocycles. The van der Waals surface area contributed by atoms with Crippen molar-refractivity contribution in [1.29, 1.82) is 0 Å². The zero-order chi connectivity index (χ0) is 15.5. The first-order chi connectivity index (χ1) is 9.84. The van der Waals surface area contributed by atoms with Gasteiger partial charge in [-0.15, -0.1) is 0 Å². The smallest absolute Gasteiger partial charge is 0.211 e. The number of nitrogens with zero attached hydrogens (tertiary/aromatic N) is 3. The molecule has 0 radical (unpaired) electrons. The maximum absolute atomic E-state index is 11.6. The van der Waals surface area contributed by atoms with Crippen LogP contribution in [0.4, 0.5) is 5.82 Å². The number of hydrogen-bond donors (Lipinski definition) is 1. The van der Waals surface area contributed by atoms with E-state index in [0.717, 1.165) is 30.8 Å². The van der Waals surface area contributed by atoms with Gasteiger partial charge in [0.15, 0.2) is 0 Å². The first-order valence-corrected chi connectivity index (χ1v) is 9.22. The Kier molecular flexibility index (Phi) is 5.16. The molecule has 6 nitrogen and oxygen atoms in total. The Morgan fingerprint density at radius 2 is 2.14 bits per heavy atom. The Bertz CT molecular complexity index is 557. The van der Waals surface area contributed by atoms with Gasteiger partial charge in [0.1, 0.15) is 5.82 Å². The van der Waals surface area contributed by atoms with Gasteiger partial charge in [-0.3, -0.25) is 4.98 Å². The molecule has 0 spiro atoms. The van der Waals surface area contributed by atoms with Crippen molar-refractivity contribution < 1.29 is 8.42 Å². The minimum Gasteiger partial charge on any atom is -0.367 e. The molecule has 1 fully saturated rings. The molecule has 1 aliphatic rings. The molecule has 1 aromatic rings. The van der Waals surface area contributed by atoms with Gasteiger partial charge in [0.05, 0.1) is 24.3 Å². The van der Waals surface area contributed by atoms with E-state index in [9.17, 15) is 8.42 Å². The average molecular weight is 312 g/mol. The lowest BCUT2D eigenvalue weighted by Gasteiger charge is -2.30. The highest BCUT2D eigenvalue weighted by Gasteiger charge is 2.26. The van der Waals surface area contributed by atoms with Crippen LogP contribution in [0.25, 0.3) is 0 Å². The molecule has 1 saturated heterocycles. The molecule has 2 heterocycles. The molecule has 0 aromatic carbocycles. The number of hydrogen-bond acceptors (Lipinski definition) is 5. The third-order valence-electron chi connectivity index (χ3n) is 3.59. The second-order valence-electron chi connectivity index (χ2n) is 6.03. The summed E-state index contributed by atoms with van der Waals surface area (Å²) in [6.07, 6.45) is 7.54. The van der Waals surface area contributed by atoms with Crippen molar-refractivity contribution in [2.45, 2.75) is 39.2 Å². The summed E-state index contributed by atoms with van der Waals surface area (Å²) in [6.45, 7) is 5.33. The van der Waals surface area contributed by atoms with Crippen LogP contribution in [0, 0.1) is 5.92 Å². The van der Waals surface area contributed by atoms with Gasteiger partial charge in [-0.1, -0.05) is 0 Å². The number of aromatic nitrogens is 2. The topological polar surface area (TPSA) is 75.2 Å². The molecule has 118 valence electrons. The van der Waals surface area contributed by atoms with Crippen LogP contribution in [-0.2, 0) is 16.4 Å². The number of rotatable bonds is 5. The molecule has 1 unspecified atom stereocenters. The Labute approximate surface area is 127 Å². The summed E-state index contributed by atoms with van der Waals surface area (Å²) in [6, 6.07) is 0.326. The third kappa shape index (κ3) is 4.93. The summed E-state index contributed by atoms with van der Waals surface area (Å²) in [5, 5.41) is 3.20. The Hall–Kier alpha value is -1.21. The van der Waals surface area contributed by atoms with Gasteiger partial charge >= 0.3 is 0 Å². The third-order valence-corrected chi connectivity index (χ3v) is 4.86. The van der Waals surface area contributed by atoms with Crippen molar-refractivity contribution in [3.8, 4) is 0 Å². The van der Waals surface area contributed by atoms with Gasteiger partial charge in [0.2, 0.25) is 10.0 Å². The molecule has 1 aromatic heterocycles. The molecule has 0 bridgehead atoms. The maximum atomic E-state index is 11.6. The van der Waals surface area contributed by atoms with E-state index in [4.69, 9.17) is 0 Å². The second-order valence-corrected chi connectivity index (χ2v) is 8.01. The van der Waals surface area contributed by atoms with Crippen molar-refractivity contribution in [1.82, 2.24) is 14.3 Å². The normalized spacial score (nSPS) is 20.7. The Morgan fingerprint density at radius 1 is 1.38 bits per heavy atom. The van der Waals surface area contributed by atoms with Gasteiger partial charge in [-0.25, -0.2) is 17.7 Å². The van der Waals surface area contributed by atoms with Crippen molar-refractivity contribution in [3.63, 3.8) is 0 Å². The minimum absolute atomic E-state index is 0.326. The molecule has 1 N–H and O–H groups in total. The highest BCUT2D eigenvalue weighted by molar-refractivity contribution is 7.88. The molecule has 0 aliphatic carbocycles. The minimum atomic E-state index is -3.08.